The van der Waals surface area contributed by atoms with Gasteiger partial charge >= 0.3 is 6.18 Å². The first-order valence-corrected chi connectivity index (χ1v) is 11.5. The minimum absolute atomic E-state index is 0.00254. The van der Waals surface area contributed by atoms with E-state index in [0.29, 0.717) is 21.3 Å². The molecule has 174 valence electrons. The number of halogens is 4. The molecule has 0 aliphatic rings. The van der Waals surface area contributed by atoms with Crippen LogP contribution < -0.4 is 10.9 Å². The predicted molar refractivity (Wildman–Crippen MR) is 120 cm³/mol. The summed E-state index contributed by atoms with van der Waals surface area (Å²) in [6.45, 7) is 1.60. The van der Waals surface area contributed by atoms with Gasteiger partial charge in [0.15, 0.2) is 0 Å². The molecule has 3 aromatic rings. The largest absolute Gasteiger partial charge is 0.772 e. The minimum Gasteiger partial charge on any atom is -0.772 e. The van der Waals surface area contributed by atoms with E-state index in [9.17, 15) is 31.5 Å². The first-order chi connectivity index (χ1) is 15.5. The van der Waals surface area contributed by atoms with Crippen LogP contribution in [-0.2, 0) is 29.6 Å². The third-order valence-corrected chi connectivity index (χ3v) is 6.08. The van der Waals surface area contributed by atoms with Gasteiger partial charge in [-0.3, -0.25) is 18.4 Å². The Labute approximate surface area is 197 Å². The lowest BCUT2D eigenvalue weighted by atomic mass is 10.1. The lowest BCUT2D eigenvalue weighted by Gasteiger charge is -2.14. The van der Waals surface area contributed by atoms with Gasteiger partial charge in [-0.1, -0.05) is 45.2 Å². The van der Waals surface area contributed by atoms with Gasteiger partial charge in [-0.05, 0) is 54.4 Å². The van der Waals surface area contributed by atoms with Crippen LogP contribution in [0, 0.1) is 6.92 Å². The van der Waals surface area contributed by atoms with Crippen LogP contribution in [0.1, 0.15) is 32.7 Å². The van der Waals surface area contributed by atoms with Crippen LogP contribution in [0.2, 0.25) is 0 Å². The Morgan fingerprint density at radius 3 is 2.52 bits per heavy atom. The van der Waals surface area contributed by atoms with E-state index in [-0.39, 0.29) is 23.5 Å². The SMILES string of the molecule is Cc1ccc(C(=O)NCc2ccc(CS(=O)[O-])c(Br)c2)c(=O)n1-c1cccc(C(F)(F)F)c1. The van der Waals surface area contributed by atoms with Crippen molar-refractivity contribution in [2.24, 2.45) is 0 Å². The molecule has 11 heteroatoms. The molecule has 1 N–H and O–H groups in total. The van der Waals surface area contributed by atoms with Crippen molar-refractivity contribution in [3.8, 4) is 5.69 Å². The van der Waals surface area contributed by atoms with E-state index in [0.717, 1.165) is 16.7 Å². The number of benzene rings is 2. The molecule has 1 unspecified atom stereocenters. The molecule has 2 aromatic carbocycles. The second-order valence-electron chi connectivity index (χ2n) is 7.13. The number of hydrogen-bond acceptors (Lipinski definition) is 4. The number of rotatable bonds is 6. The normalized spacial score (nSPS) is 12.4. The highest BCUT2D eigenvalue weighted by atomic mass is 79.9. The molecule has 0 aliphatic heterocycles. The van der Waals surface area contributed by atoms with Crippen LogP contribution in [0.3, 0.4) is 0 Å². The van der Waals surface area contributed by atoms with Crippen LogP contribution in [0.15, 0.2) is 63.9 Å². The summed E-state index contributed by atoms with van der Waals surface area (Å²) in [4.78, 5) is 25.6. The Morgan fingerprint density at radius 1 is 1.15 bits per heavy atom. The number of aryl methyl sites for hydroxylation is 1. The van der Waals surface area contributed by atoms with Crippen LogP contribution in [0.5, 0.6) is 0 Å². The van der Waals surface area contributed by atoms with E-state index in [1.165, 1.54) is 24.3 Å². The summed E-state index contributed by atoms with van der Waals surface area (Å²) in [6, 6.07) is 12.0. The Bertz CT molecular complexity index is 1290. The second kappa shape index (κ2) is 10.0. The first kappa shape index (κ1) is 24.9. The molecule has 0 aliphatic carbocycles. The molecule has 0 fully saturated rings. The Kier molecular flexibility index (Phi) is 7.55. The van der Waals surface area contributed by atoms with Crippen molar-refractivity contribution in [1.82, 2.24) is 9.88 Å². The van der Waals surface area contributed by atoms with Crippen LogP contribution in [-0.4, -0.2) is 19.2 Å². The fourth-order valence-electron chi connectivity index (χ4n) is 3.17. The summed E-state index contributed by atoms with van der Waals surface area (Å²) in [5.74, 6) is -0.854. The van der Waals surface area contributed by atoms with Gasteiger partial charge < -0.3 is 9.87 Å². The molecule has 33 heavy (non-hydrogen) atoms. The number of carbonyl (C=O) groups excluding carboxylic acids is 1. The Hall–Kier alpha value is -2.76. The zero-order valence-corrected chi connectivity index (χ0v) is 19.5. The van der Waals surface area contributed by atoms with Gasteiger partial charge in [0.05, 0.1) is 5.56 Å². The lowest BCUT2D eigenvalue weighted by molar-refractivity contribution is -0.137. The van der Waals surface area contributed by atoms with Crippen LogP contribution in [0.25, 0.3) is 5.69 Å². The van der Waals surface area contributed by atoms with Gasteiger partial charge in [0.25, 0.3) is 11.5 Å². The summed E-state index contributed by atoms with van der Waals surface area (Å²) < 4.78 is 62.6. The molecule has 0 saturated carbocycles. The van der Waals surface area contributed by atoms with Crippen molar-refractivity contribution in [2.45, 2.75) is 25.4 Å². The second-order valence-corrected chi connectivity index (χ2v) is 8.88. The molecule has 0 radical (unpaired) electrons. The van der Waals surface area contributed by atoms with Gasteiger partial charge in [0, 0.05) is 28.2 Å². The quantitative estimate of drug-likeness (QED) is 0.472. The van der Waals surface area contributed by atoms with E-state index in [2.05, 4.69) is 21.2 Å². The highest BCUT2D eigenvalue weighted by Crippen LogP contribution is 2.30. The molecular formula is C22H17BrF3N2O4S-. The Balaban J connectivity index is 1.85. The number of amides is 1. The summed E-state index contributed by atoms with van der Waals surface area (Å²) in [5, 5.41) is 2.60. The standard InChI is InChI=1S/C22H18BrF3N2O4S/c1-13-5-8-18(21(30)28(13)17-4-2-3-16(10-17)22(24,25)26)20(29)27-11-14-6-7-15(12-33(31)32)19(23)9-14/h2-10H,11-12H2,1H3,(H,27,29)(H,31,32)/p-1. The molecule has 1 amide bonds. The van der Waals surface area contributed by atoms with Gasteiger partial charge in [-0.25, -0.2) is 0 Å². The molecule has 1 heterocycles. The van der Waals surface area contributed by atoms with Crippen molar-refractivity contribution in [3.05, 3.63) is 97.4 Å². The monoisotopic (exact) mass is 541 g/mol. The molecule has 0 saturated heterocycles. The molecule has 3 rings (SSSR count). The fraction of sp³-hybridized carbons (Fsp3) is 0.182. The van der Waals surface area contributed by atoms with E-state index in [4.69, 9.17) is 0 Å². The van der Waals surface area contributed by atoms with Gasteiger partial charge in [0.1, 0.15) is 5.56 Å². The average molecular weight is 542 g/mol. The number of aromatic nitrogens is 1. The molecule has 0 spiro atoms. The summed E-state index contributed by atoms with van der Waals surface area (Å²) in [7, 11) is 0. The zero-order chi connectivity index (χ0) is 24.3. The predicted octanol–water partition coefficient (Wildman–Crippen LogP) is 4.24. The summed E-state index contributed by atoms with van der Waals surface area (Å²) in [6.07, 6.45) is -4.57. The lowest BCUT2D eigenvalue weighted by Crippen LogP contribution is -2.33. The minimum atomic E-state index is -4.57. The maximum absolute atomic E-state index is 13.1. The maximum Gasteiger partial charge on any atom is 0.416 e. The average Bonchev–Trinajstić information content (AvgIpc) is 2.73. The topological polar surface area (TPSA) is 91.2 Å². The number of hydrogen-bond donors (Lipinski definition) is 1. The van der Waals surface area contributed by atoms with E-state index in [1.54, 1.807) is 25.1 Å². The van der Waals surface area contributed by atoms with Crippen molar-refractivity contribution < 1.29 is 26.7 Å². The number of pyridine rings is 1. The summed E-state index contributed by atoms with van der Waals surface area (Å²) >= 11 is 1.03. The van der Waals surface area contributed by atoms with E-state index in [1.807, 2.05) is 0 Å². The van der Waals surface area contributed by atoms with Gasteiger partial charge in [-0.2, -0.15) is 13.2 Å². The molecule has 0 bridgehead atoms. The third kappa shape index (κ3) is 5.98. The fourth-order valence-corrected chi connectivity index (χ4v) is 4.43. The van der Waals surface area contributed by atoms with Crippen molar-refractivity contribution >= 4 is 32.9 Å². The first-order valence-electron chi connectivity index (χ1n) is 9.49. The van der Waals surface area contributed by atoms with Crippen molar-refractivity contribution in [2.75, 3.05) is 0 Å². The van der Waals surface area contributed by atoms with E-state index < -0.39 is 34.3 Å². The highest BCUT2D eigenvalue weighted by Gasteiger charge is 2.30. The smallest absolute Gasteiger partial charge is 0.416 e. The number of alkyl halides is 3. The summed E-state index contributed by atoms with van der Waals surface area (Å²) in [5.41, 5.74) is -0.307. The molecular weight excluding hydrogens is 525 g/mol. The molecule has 6 nitrogen and oxygen atoms in total. The zero-order valence-electron chi connectivity index (χ0n) is 17.1. The van der Waals surface area contributed by atoms with Crippen LogP contribution in [0.4, 0.5) is 13.2 Å². The van der Waals surface area contributed by atoms with E-state index >= 15 is 0 Å². The van der Waals surface area contributed by atoms with Crippen LogP contribution >= 0.6 is 15.9 Å². The molecule has 1 aromatic heterocycles. The third-order valence-electron chi connectivity index (χ3n) is 4.80. The van der Waals surface area contributed by atoms with Crippen molar-refractivity contribution in [1.29, 1.82) is 0 Å². The van der Waals surface area contributed by atoms with Gasteiger partial charge in [-0.15, -0.1) is 0 Å². The number of carbonyl (C=O) groups is 1. The molecule has 1 atom stereocenters. The maximum atomic E-state index is 13.1. The highest BCUT2D eigenvalue weighted by molar-refractivity contribution is 9.10. The Morgan fingerprint density at radius 2 is 1.88 bits per heavy atom. The number of nitrogens with one attached hydrogen (secondary N) is 1. The van der Waals surface area contributed by atoms with Gasteiger partial charge in [0.2, 0.25) is 0 Å². The number of nitrogens with zero attached hydrogens (tertiary/aromatic N) is 1. The van der Waals surface area contributed by atoms with Crippen molar-refractivity contribution in [3.63, 3.8) is 0 Å².